The molecule has 1 rings (SSSR count). The van der Waals surface area contributed by atoms with E-state index in [-0.39, 0.29) is 38.8 Å². The van der Waals surface area contributed by atoms with Crippen LogP contribution in [0.4, 0.5) is 4.79 Å². The van der Waals surface area contributed by atoms with Crippen molar-refractivity contribution in [3.63, 3.8) is 0 Å². The second-order valence-corrected chi connectivity index (χ2v) is 16.2. The predicted octanol–water partition coefficient (Wildman–Crippen LogP) is 7.01. The SMILES string of the molecule is CCCCCC(=O)OCOP(=O)(O)C(O)(CCCNC(=O)OCc1ccccc1)P(=O)(OCOC(=O)CCCCC)OCOC(=O)CCCCC. The standard InChI is InChI=1S/C33H55NO15P2/c1-4-7-11-19-29(35)44-25-47-50(40,41)33(39,22-16-23-34-32(38)43-24-28-17-14-10-15-18-28)51(42,48-26-45-30(36)20-12-8-5-2)49-27-46-31(37)21-13-9-6-3/h10,14-15,17-18,39H,4-9,11-13,16,19-27H2,1-3H3,(H,34,38)(H,40,41). The number of amides is 1. The molecule has 0 heterocycles. The highest BCUT2D eigenvalue weighted by Gasteiger charge is 2.64. The quantitative estimate of drug-likeness (QED) is 0.0245. The molecule has 1 aromatic rings. The topological polar surface area (TPSA) is 220 Å². The van der Waals surface area contributed by atoms with Gasteiger partial charge in [-0.15, -0.1) is 0 Å². The first-order valence-electron chi connectivity index (χ1n) is 17.3. The zero-order valence-electron chi connectivity index (χ0n) is 29.9. The van der Waals surface area contributed by atoms with Crippen LogP contribution in [-0.2, 0) is 62.6 Å². The van der Waals surface area contributed by atoms with Gasteiger partial charge in [0.2, 0.25) is 20.4 Å². The normalized spacial score (nSPS) is 13.7. The van der Waals surface area contributed by atoms with Crippen LogP contribution in [0.5, 0.6) is 0 Å². The fourth-order valence-electron chi connectivity index (χ4n) is 4.33. The minimum Gasteiger partial charge on any atom is -0.445 e. The zero-order chi connectivity index (χ0) is 38.0. The van der Waals surface area contributed by atoms with Gasteiger partial charge in [0.1, 0.15) is 6.61 Å². The Hall–Kier alpha value is -2.84. The van der Waals surface area contributed by atoms with E-state index in [0.29, 0.717) is 19.3 Å². The number of hydrogen-bond acceptors (Lipinski definition) is 14. The Kier molecular flexibility index (Phi) is 23.5. The van der Waals surface area contributed by atoms with Crippen molar-refractivity contribution in [1.82, 2.24) is 5.32 Å². The van der Waals surface area contributed by atoms with Crippen LogP contribution >= 0.6 is 15.2 Å². The van der Waals surface area contributed by atoms with Crippen molar-refractivity contribution in [3.05, 3.63) is 35.9 Å². The number of rotatable bonds is 29. The summed E-state index contributed by atoms with van der Waals surface area (Å²) in [5.74, 6) is -2.22. The summed E-state index contributed by atoms with van der Waals surface area (Å²) < 4.78 is 63.3. The predicted molar refractivity (Wildman–Crippen MR) is 185 cm³/mol. The van der Waals surface area contributed by atoms with Crippen molar-refractivity contribution in [2.75, 3.05) is 26.9 Å². The third-order valence-corrected chi connectivity index (χ3v) is 12.4. The molecule has 18 heteroatoms. The number of ether oxygens (including phenoxy) is 4. The van der Waals surface area contributed by atoms with Gasteiger partial charge in [-0.05, 0) is 31.2 Å². The highest BCUT2D eigenvalue weighted by molar-refractivity contribution is 7.73. The van der Waals surface area contributed by atoms with Crippen LogP contribution in [0.2, 0.25) is 0 Å². The Morgan fingerprint density at radius 3 is 1.57 bits per heavy atom. The second kappa shape index (κ2) is 26.0. The summed E-state index contributed by atoms with van der Waals surface area (Å²) in [6.45, 7) is 2.24. The molecule has 0 aromatic heterocycles. The maximum absolute atomic E-state index is 14.3. The molecule has 0 saturated heterocycles. The number of hydrogen-bond donors (Lipinski definition) is 3. The molecule has 0 radical (unpaired) electrons. The number of carbonyl (C=O) groups excluding carboxylic acids is 4. The summed E-state index contributed by atoms with van der Waals surface area (Å²) >= 11 is 0. The van der Waals surface area contributed by atoms with E-state index in [1.54, 1.807) is 30.3 Å². The molecule has 0 aliphatic carbocycles. The molecular weight excluding hydrogens is 712 g/mol. The number of benzene rings is 1. The van der Waals surface area contributed by atoms with E-state index in [2.05, 4.69) is 5.32 Å². The first-order valence-corrected chi connectivity index (χ1v) is 20.5. The summed E-state index contributed by atoms with van der Waals surface area (Å²) in [4.78, 5) is 59.8. The lowest BCUT2D eigenvalue weighted by Crippen LogP contribution is -2.35. The van der Waals surface area contributed by atoms with Crippen LogP contribution < -0.4 is 5.32 Å². The van der Waals surface area contributed by atoms with Crippen LogP contribution in [0, 0.1) is 0 Å². The summed E-state index contributed by atoms with van der Waals surface area (Å²) in [6, 6.07) is 8.83. The summed E-state index contributed by atoms with van der Waals surface area (Å²) in [7, 11) is -10.9. The van der Waals surface area contributed by atoms with Gasteiger partial charge in [-0.25, -0.2) is 4.79 Å². The molecule has 1 aromatic carbocycles. The zero-order valence-corrected chi connectivity index (χ0v) is 31.7. The van der Waals surface area contributed by atoms with Gasteiger partial charge in [-0.3, -0.25) is 37.1 Å². The third kappa shape index (κ3) is 18.5. The Morgan fingerprint density at radius 2 is 1.12 bits per heavy atom. The first kappa shape index (κ1) is 46.2. The van der Waals surface area contributed by atoms with Crippen molar-refractivity contribution in [2.45, 2.75) is 122 Å². The highest BCUT2D eigenvalue weighted by atomic mass is 31.2. The number of carbonyl (C=O) groups is 4. The van der Waals surface area contributed by atoms with Crippen molar-refractivity contribution >= 4 is 39.2 Å². The first-order chi connectivity index (χ1) is 24.3. The molecule has 0 saturated carbocycles. The van der Waals surface area contributed by atoms with E-state index in [4.69, 9.17) is 32.5 Å². The minimum absolute atomic E-state index is 0.000726. The highest BCUT2D eigenvalue weighted by Crippen LogP contribution is 2.76. The molecule has 0 fully saturated rings. The van der Waals surface area contributed by atoms with Gasteiger partial charge in [0, 0.05) is 32.2 Å². The van der Waals surface area contributed by atoms with E-state index in [9.17, 15) is 38.3 Å². The number of alkyl carbamates (subject to hydrolysis) is 1. The lowest BCUT2D eigenvalue weighted by atomic mass is 10.2. The average Bonchev–Trinajstić information content (AvgIpc) is 3.09. The Bertz CT molecular complexity index is 1230. The molecule has 0 bridgehead atoms. The number of aliphatic hydroxyl groups is 1. The summed E-state index contributed by atoms with van der Waals surface area (Å²) in [5.41, 5.74) is 0.721. The third-order valence-electron chi connectivity index (χ3n) is 7.35. The molecule has 3 N–H and O–H groups in total. The summed E-state index contributed by atoms with van der Waals surface area (Å²) in [6.07, 6.45) is 4.16. The van der Waals surface area contributed by atoms with Crippen molar-refractivity contribution < 1.29 is 70.8 Å². The van der Waals surface area contributed by atoms with Crippen LogP contribution in [0.3, 0.4) is 0 Å². The molecule has 0 aliphatic heterocycles. The number of unbranched alkanes of at least 4 members (excludes halogenated alkanes) is 6. The molecule has 0 aliphatic rings. The van der Waals surface area contributed by atoms with E-state index >= 15 is 0 Å². The Balaban J connectivity index is 3.18. The molecule has 1 amide bonds. The van der Waals surface area contributed by atoms with Crippen LogP contribution in [0.15, 0.2) is 30.3 Å². The van der Waals surface area contributed by atoms with Crippen molar-refractivity contribution in [2.24, 2.45) is 0 Å². The fraction of sp³-hybridized carbons (Fsp3) is 0.697. The summed E-state index contributed by atoms with van der Waals surface area (Å²) in [5, 5.41) is 10.8. The molecular formula is C33H55NO15P2. The number of nitrogens with one attached hydrogen (secondary N) is 1. The maximum atomic E-state index is 14.3. The lowest BCUT2D eigenvalue weighted by molar-refractivity contribution is -0.153. The molecule has 2 atom stereocenters. The van der Waals surface area contributed by atoms with Gasteiger partial charge in [-0.2, -0.15) is 0 Å². The van der Waals surface area contributed by atoms with Gasteiger partial charge in [0.05, 0.1) is 0 Å². The van der Waals surface area contributed by atoms with Gasteiger partial charge in [0.25, 0.3) is 5.08 Å². The van der Waals surface area contributed by atoms with E-state index in [1.165, 1.54) is 0 Å². The largest absolute Gasteiger partial charge is 0.445 e. The van der Waals surface area contributed by atoms with E-state index < -0.39 is 71.1 Å². The average molecular weight is 768 g/mol. The van der Waals surface area contributed by atoms with E-state index in [1.807, 2.05) is 20.8 Å². The van der Waals surface area contributed by atoms with Gasteiger partial charge >= 0.3 is 39.2 Å². The van der Waals surface area contributed by atoms with E-state index in [0.717, 1.165) is 44.1 Å². The molecule has 0 spiro atoms. The smallest absolute Gasteiger partial charge is 0.407 e. The Labute approximate surface area is 300 Å². The maximum Gasteiger partial charge on any atom is 0.407 e. The van der Waals surface area contributed by atoms with Gasteiger partial charge < -0.3 is 34.3 Å². The van der Waals surface area contributed by atoms with Crippen LogP contribution in [0.1, 0.15) is 116 Å². The molecule has 2 unspecified atom stereocenters. The monoisotopic (exact) mass is 767 g/mol. The van der Waals surface area contributed by atoms with Gasteiger partial charge in [-0.1, -0.05) is 89.6 Å². The van der Waals surface area contributed by atoms with Crippen molar-refractivity contribution in [3.8, 4) is 0 Å². The van der Waals surface area contributed by atoms with Crippen molar-refractivity contribution in [1.29, 1.82) is 0 Å². The fourth-order valence-corrected chi connectivity index (χ4v) is 8.24. The van der Waals surface area contributed by atoms with Crippen LogP contribution in [-0.4, -0.2) is 66.0 Å². The Morgan fingerprint density at radius 1 is 0.667 bits per heavy atom. The second-order valence-electron chi connectivity index (χ2n) is 11.5. The molecule has 16 nitrogen and oxygen atoms in total. The van der Waals surface area contributed by atoms with Crippen LogP contribution in [0.25, 0.3) is 0 Å². The minimum atomic E-state index is -5.57. The molecule has 51 heavy (non-hydrogen) atoms. The van der Waals surface area contributed by atoms with Gasteiger partial charge in [0.15, 0.2) is 0 Å². The number of esters is 3. The lowest BCUT2D eigenvalue weighted by Gasteiger charge is -2.36. The molecule has 292 valence electrons.